The van der Waals surface area contributed by atoms with Crippen molar-refractivity contribution >= 4 is 17.6 Å². The number of carbonyl (C=O) groups is 2. The summed E-state index contributed by atoms with van der Waals surface area (Å²) < 4.78 is 0. The Hall–Kier alpha value is -2.24. The van der Waals surface area contributed by atoms with Gasteiger partial charge in [0.05, 0.1) is 18.5 Å². The summed E-state index contributed by atoms with van der Waals surface area (Å²) in [7, 11) is 0. The lowest BCUT2D eigenvalue weighted by molar-refractivity contribution is -0.137. The van der Waals surface area contributed by atoms with Crippen molar-refractivity contribution in [1.82, 2.24) is 0 Å². The molecule has 0 bridgehead atoms. The van der Waals surface area contributed by atoms with Gasteiger partial charge in [-0.2, -0.15) is 0 Å². The van der Waals surface area contributed by atoms with Gasteiger partial charge in [-0.1, -0.05) is 12.1 Å². The lowest BCUT2D eigenvalue weighted by Crippen LogP contribution is -2.28. The molecule has 98 valence electrons. The van der Waals surface area contributed by atoms with E-state index in [9.17, 15) is 14.7 Å². The molecular weight excluding hydrogens is 238 g/mol. The number of anilines is 1. The largest absolute Gasteiger partial charge is 0.506 e. The summed E-state index contributed by atoms with van der Waals surface area (Å²) in [5, 5.41) is 27.0. The number of phenols is 1. The summed E-state index contributed by atoms with van der Waals surface area (Å²) in [6.45, 7) is 0.306. The monoisotopic (exact) mass is 253 g/mol. The molecule has 0 spiro atoms. The molecule has 0 saturated heterocycles. The van der Waals surface area contributed by atoms with E-state index in [1.54, 1.807) is 23.1 Å². The molecule has 0 unspecified atom stereocenters. The Morgan fingerprint density at radius 3 is 1.94 bits per heavy atom. The molecule has 0 aliphatic rings. The van der Waals surface area contributed by atoms with E-state index in [2.05, 4.69) is 0 Å². The van der Waals surface area contributed by atoms with Crippen molar-refractivity contribution in [3.63, 3.8) is 0 Å². The fourth-order valence-electron chi connectivity index (χ4n) is 1.55. The number of benzene rings is 1. The summed E-state index contributed by atoms with van der Waals surface area (Å²) in [5.41, 5.74) is 0.444. The van der Waals surface area contributed by atoms with Gasteiger partial charge in [0.2, 0.25) is 0 Å². The molecule has 1 aromatic rings. The van der Waals surface area contributed by atoms with Crippen LogP contribution in [0.25, 0.3) is 0 Å². The molecule has 0 aliphatic carbocycles. The van der Waals surface area contributed by atoms with Crippen LogP contribution < -0.4 is 4.90 Å². The lowest BCUT2D eigenvalue weighted by atomic mass is 10.2. The Labute approximate surface area is 104 Å². The van der Waals surface area contributed by atoms with Crippen molar-refractivity contribution in [1.29, 1.82) is 0 Å². The normalized spacial score (nSPS) is 10.0. The highest BCUT2D eigenvalue weighted by molar-refractivity contribution is 5.70. The number of para-hydroxylation sites is 2. The Bertz CT molecular complexity index is 414. The van der Waals surface area contributed by atoms with Crippen molar-refractivity contribution in [2.45, 2.75) is 12.8 Å². The SMILES string of the molecule is O=C(O)CCN(CCC(=O)O)c1ccccc1O. The summed E-state index contributed by atoms with van der Waals surface area (Å²) in [6, 6.07) is 6.44. The minimum absolute atomic E-state index is 0.00766. The van der Waals surface area contributed by atoms with Gasteiger partial charge in [0.15, 0.2) is 0 Å². The van der Waals surface area contributed by atoms with Crippen LogP contribution in [-0.4, -0.2) is 40.3 Å². The van der Waals surface area contributed by atoms with Crippen molar-refractivity contribution < 1.29 is 24.9 Å². The number of hydrogen-bond acceptors (Lipinski definition) is 4. The standard InChI is InChI=1S/C12H15NO5/c14-10-4-2-1-3-9(10)13(7-5-11(15)16)8-6-12(17)18/h1-4,14H,5-8H2,(H,15,16)(H,17,18). The highest BCUT2D eigenvalue weighted by Crippen LogP contribution is 2.26. The van der Waals surface area contributed by atoms with Crippen LogP contribution in [0, 0.1) is 0 Å². The second-order valence-corrected chi connectivity index (χ2v) is 3.76. The zero-order chi connectivity index (χ0) is 13.5. The Morgan fingerprint density at radius 1 is 1.00 bits per heavy atom. The van der Waals surface area contributed by atoms with E-state index in [1.807, 2.05) is 0 Å². The van der Waals surface area contributed by atoms with Gasteiger partial charge in [-0.25, -0.2) is 0 Å². The molecular formula is C12H15NO5. The van der Waals surface area contributed by atoms with Crippen molar-refractivity contribution in [3.05, 3.63) is 24.3 Å². The molecule has 0 amide bonds. The van der Waals surface area contributed by atoms with Crippen molar-refractivity contribution in [2.75, 3.05) is 18.0 Å². The molecule has 0 aromatic heterocycles. The lowest BCUT2D eigenvalue weighted by Gasteiger charge is -2.24. The van der Waals surface area contributed by atoms with Crippen LogP contribution in [-0.2, 0) is 9.59 Å². The quantitative estimate of drug-likeness (QED) is 0.674. The topological polar surface area (TPSA) is 98.1 Å². The second-order valence-electron chi connectivity index (χ2n) is 3.76. The predicted octanol–water partition coefficient (Wildman–Crippen LogP) is 1.15. The molecule has 0 aliphatic heterocycles. The molecule has 0 fully saturated rings. The first-order valence-corrected chi connectivity index (χ1v) is 5.47. The third-order valence-electron chi connectivity index (χ3n) is 2.41. The van der Waals surface area contributed by atoms with Gasteiger partial charge < -0.3 is 20.2 Å². The number of phenolic OH excluding ortho intramolecular Hbond substituents is 1. The summed E-state index contributed by atoms with van der Waals surface area (Å²) >= 11 is 0. The first-order chi connectivity index (χ1) is 8.50. The van der Waals surface area contributed by atoms with Gasteiger partial charge in [0.1, 0.15) is 5.75 Å². The van der Waals surface area contributed by atoms with E-state index in [4.69, 9.17) is 10.2 Å². The molecule has 3 N–H and O–H groups in total. The van der Waals surface area contributed by atoms with Gasteiger partial charge in [-0.05, 0) is 12.1 Å². The Balaban J connectivity index is 2.79. The molecule has 1 aromatic carbocycles. The average molecular weight is 253 g/mol. The van der Waals surface area contributed by atoms with Crippen molar-refractivity contribution in [3.8, 4) is 5.75 Å². The van der Waals surface area contributed by atoms with Crippen LogP contribution >= 0.6 is 0 Å². The van der Waals surface area contributed by atoms with Crippen LogP contribution in [0.4, 0.5) is 5.69 Å². The number of rotatable bonds is 7. The molecule has 0 atom stereocenters. The molecule has 0 saturated carbocycles. The zero-order valence-corrected chi connectivity index (χ0v) is 9.74. The number of aromatic hydroxyl groups is 1. The summed E-state index contributed by atoms with van der Waals surface area (Å²) in [6.07, 6.45) is -0.234. The zero-order valence-electron chi connectivity index (χ0n) is 9.74. The predicted molar refractivity (Wildman–Crippen MR) is 64.8 cm³/mol. The maximum absolute atomic E-state index is 10.6. The van der Waals surface area contributed by atoms with Crippen molar-refractivity contribution in [2.24, 2.45) is 0 Å². The van der Waals surface area contributed by atoms with Gasteiger partial charge in [0.25, 0.3) is 0 Å². The fourth-order valence-corrected chi connectivity index (χ4v) is 1.55. The number of carboxylic acids is 2. The molecule has 6 nitrogen and oxygen atoms in total. The number of nitrogens with zero attached hydrogens (tertiary/aromatic N) is 1. The van der Waals surface area contributed by atoms with E-state index in [-0.39, 0.29) is 31.7 Å². The van der Waals surface area contributed by atoms with E-state index >= 15 is 0 Å². The minimum atomic E-state index is -0.967. The van der Waals surface area contributed by atoms with Gasteiger partial charge in [0, 0.05) is 13.1 Å². The van der Waals surface area contributed by atoms with Gasteiger partial charge in [-0.3, -0.25) is 9.59 Å². The Morgan fingerprint density at radius 2 is 1.50 bits per heavy atom. The van der Waals surface area contributed by atoms with Crippen LogP contribution in [0.15, 0.2) is 24.3 Å². The van der Waals surface area contributed by atoms with E-state index in [0.717, 1.165) is 0 Å². The maximum atomic E-state index is 10.6. The number of carboxylic acid groups (broad SMARTS) is 2. The molecule has 6 heteroatoms. The molecule has 0 radical (unpaired) electrons. The first kappa shape index (κ1) is 13.8. The molecule has 1 rings (SSSR count). The van der Waals surface area contributed by atoms with Gasteiger partial charge in [-0.15, -0.1) is 0 Å². The van der Waals surface area contributed by atoms with Gasteiger partial charge >= 0.3 is 11.9 Å². The van der Waals surface area contributed by atoms with E-state index in [0.29, 0.717) is 5.69 Å². The van der Waals surface area contributed by atoms with Crippen LogP contribution in [0.3, 0.4) is 0 Å². The highest BCUT2D eigenvalue weighted by atomic mass is 16.4. The maximum Gasteiger partial charge on any atom is 0.305 e. The first-order valence-electron chi connectivity index (χ1n) is 5.47. The summed E-state index contributed by atoms with van der Waals surface area (Å²) in [4.78, 5) is 22.7. The molecule has 0 heterocycles. The fraction of sp³-hybridized carbons (Fsp3) is 0.333. The number of hydrogen-bond donors (Lipinski definition) is 3. The Kier molecular flexibility index (Phi) is 4.98. The second kappa shape index (κ2) is 6.48. The smallest absolute Gasteiger partial charge is 0.305 e. The third-order valence-corrected chi connectivity index (χ3v) is 2.41. The number of aliphatic carboxylic acids is 2. The van der Waals surface area contributed by atoms with Crippen LogP contribution in [0.2, 0.25) is 0 Å². The third kappa shape index (κ3) is 4.32. The summed E-state index contributed by atoms with van der Waals surface area (Å²) in [5.74, 6) is -1.93. The average Bonchev–Trinajstić information content (AvgIpc) is 2.30. The molecule has 18 heavy (non-hydrogen) atoms. The van der Waals surface area contributed by atoms with Crippen LogP contribution in [0.5, 0.6) is 5.75 Å². The van der Waals surface area contributed by atoms with E-state index < -0.39 is 11.9 Å². The van der Waals surface area contributed by atoms with E-state index in [1.165, 1.54) is 6.07 Å². The minimum Gasteiger partial charge on any atom is -0.506 e. The highest BCUT2D eigenvalue weighted by Gasteiger charge is 2.13. The van der Waals surface area contributed by atoms with Crippen LogP contribution in [0.1, 0.15) is 12.8 Å².